The minimum Gasteiger partial charge on any atom is -0.481 e. The second kappa shape index (κ2) is 3.10. The first kappa shape index (κ1) is 8.69. The summed E-state index contributed by atoms with van der Waals surface area (Å²) in [5.74, 6) is -0.857. The maximum atomic E-state index is 10.8. The second-order valence-corrected chi connectivity index (χ2v) is 4.67. The summed E-state index contributed by atoms with van der Waals surface area (Å²) >= 11 is 1.64. The predicted molar refractivity (Wildman–Crippen MR) is 50.0 cm³/mol. The number of aryl methyl sites for hydroxylation is 2. The number of aromatic nitrogens is 1. The Kier molecular flexibility index (Phi) is 2.07. The summed E-state index contributed by atoms with van der Waals surface area (Å²) in [6, 6.07) is 0. The van der Waals surface area contributed by atoms with E-state index in [9.17, 15) is 4.79 Å². The van der Waals surface area contributed by atoms with Gasteiger partial charge in [-0.2, -0.15) is 0 Å². The largest absolute Gasteiger partial charge is 0.481 e. The molecule has 1 aromatic heterocycles. The first-order valence-corrected chi connectivity index (χ1v) is 5.16. The average Bonchev–Trinajstić information content (AvgIpc) is 2.42. The van der Waals surface area contributed by atoms with E-state index in [0.717, 1.165) is 23.5 Å². The molecule has 1 aromatic rings. The number of rotatable bonds is 1. The Bertz CT molecular complexity index is 345. The fourth-order valence-corrected chi connectivity index (χ4v) is 2.78. The van der Waals surface area contributed by atoms with Crippen LogP contribution in [-0.4, -0.2) is 16.1 Å². The van der Waals surface area contributed by atoms with E-state index in [1.165, 1.54) is 4.88 Å². The van der Waals surface area contributed by atoms with Crippen molar-refractivity contribution in [3.63, 3.8) is 0 Å². The van der Waals surface area contributed by atoms with E-state index in [1.54, 1.807) is 11.3 Å². The molecule has 1 heterocycles. The number of carboxylic acids is 1. The van der Waals surface area contributed by atoms with E-state index in [-0.39, 0.29) is 5.92 Å². The Morgan fingerprint density at radius 1 is 1.69 bits per heavy atom. The lowest BCUT2D eigenvalue weighted by Crippen LogP contribution is -2.21. The normalized spacial score (nSPS) is 21.2. The Labute approximate surface area is 80.4 Å². The van der Waals surface area contributed by atoms with Gasteiger partial charge in [-0.3, -0.25) is 4.79 Å². The Balaban J connectivity index is 2.24. The van der Waals surface area contributed by atoms with Gasteiger partial charge in [0, 0.05) is 4.88 Å². The molecule has 4 heteroatoms. The van der Waals surface area contributed by atoms with Crippen molar-refractivity contribution in [3.8, 4) is 0 Å². The van der Waals surface area contributed by atoms with Gasteiger partial charge < -0.3 is 5.11 Å². The van der Waals surface area contributed by atoms with E-state index >= 15 is 0 Å². The molecule has 1 aliphatic carbocycles. The molecule has 0 fully saturated rings. The predicted octanol–water partition coefficient (Wildman–Crippen LogP) is 1.64. The van der Waals surface area contributed by atoms with E-state index in [2.05, 4.69) is 4.98 Å². The third-order valence-electron chi connectivity index (χ3n) is 2.40. The molecular weight excluding hydrogens is 186 g/mol. The Morgan fingerprint density at radius 3 is 3.15 bits per heavy atom. The average molecular weight is 197 g/mol. The second-order valence-electron chi connectivity index (χ2n) is 3.38. The van der Waals surface area contributed by atoms with Crippen LogP contribution in [0.25, 0.3) is 0 Å². The van der Waals surface area contributed by atoms with Crippen LogP contribution in [0.15, 0.2) is 0 Å². The molecule has 3 nitrogen and oxygen atoms in total. The standard InChI is InChI=1S/C9H11NO2S/c1-5-10-7-3-2-6(9(11)12)4-8(7)13-5/h6H,2-4H2,1H3,(H,11,12)/t6-/m1/s1. The third-order valence-corrected chi connectivity index (χ3v) is 3.43. The van der Waals surface area contributed by atoms with Crippen LogP contribution in [0.5, 0.6) is 0 Å². The van der Waals surface area contributed by atoms with Gasteiger partial charge in [-0.1, -0.05) is 0 Å². The fraction of sp³-hybridized carbons (Fsp3) is 0.556. The van der Waals surface area contributed by atoms with E-state index in [0.29, 0.717) is 6.42 Å². The van der Waals surface area contributed by atoms with E-state index in [1.807, 2.05) is 6.92 Å². The number of hydrogen-bond donors (Lipinski definition) is 1. The summed E-state index contributed by atoms with van der Waals surface area (Å²) < 4.78 is 0. The number of fused-ring (bicyclic) bond motifs is 1. The summed E-state index contributed by atoms with van der Waals surface area (Å²) in [7, 11) is 0. The van der Waals surface area contributed by atoms with Gasteiger partial charge in [-0.15, -0.1) is 11.3 Å². The molecule has 1 aliphatic rings. The summed E-state index contributed by atoms with van der Waals surface area (Å²) in [6.07, 6.45) is 2.25. The summed E-state index contributed by atoms with van der Waals surface area (Å²) in [5, 5.41) is 9.91. The molecule has 0 spiro atoms. The van der Waals surface area contributed by atoms with Crippen LogP contribution in [0.3, 0.4) is 0 Å². The van der Waals surface area contributed by atoms with Crippen LogP contribution in [0.2, 0.25) is 0 Å². The van der Waals surface area contributed by atoms with Crippen molar-refractivity contribution in [2.75, 3.05) is 0 Å². The van der Waals surface area contributed by atoms with Gasteiger partial charge in [0.1, 0.15) is 0 Å². The zero-order valence-electron chi connectivity index (χ0n) is 7.41. The topological polar surface area (TPSA) is 50.2 Å². The number of carbonyl (C=O) groups is 1. The minimum absolute atomic E-state index is 0.188. The Hall–Kier alpha value is -0.900. The van der Waals surface area contributed by atoms with Crippen molar-refractivity contribution >= 4 is 17.3 Å². The molecule has 0 amide bonds. The van der Waals surface area contributed by atoms with Crippen LogP contribution in [0.4, 0.5) is 0 Å². The number of nitrogens with zero attached hydrogens (tertiary/aromatic N) is 1. The monoisotopic (exact) mass is 197 g/mol. The molecule has 0 unspecified atom stereocenters. The van der Waals surface area contributed by atoms with Gasteiger partial charge in [-0.25, -0.2) is 4.98 Å². The zero-order chi connectivity index (χ0) is 9.42. The van der Waals surface area contributed by atoms with Crippen LogP contribution < -0.4 is 0 Å². The van der Waals surface area contributed by atoms with Crippen LogP contribution in [0.1, 0.15) is 22.0 Å². The highest BCUT2D eigenvalue weighted by atomic mass is 32.1. The smallest absolute Gasteiger partial charge is 0.306 e. The highest BCUT2D eigenvalue weighted by Crippen LogP contribution is 2.29. The molecule has 0 aliphatic heterocycles. The quantitative estimate of drug-likeness (QED) is 0.744. The molecule has 0 saturated carbocycles. The number of carboxylic acid groups (broad SMARTS) is 1. The van der Waals surface area contributed by atoms with Gasteiger partial charge in [0.05, 0.1) is 16.6 Å². The minimum atomic E-state index is -0.670. The number of hydrogen-bond acceptors (Lipinski definition) is 3. The third kappa shape index (κ3) is 1.58. The zero-order valence-corrected chi connectivity index (χ0v) is 8.23. The molecule has 0 aromatic carbocycles. The van der Waals surface area contributed by atoms with Crippen molar-refractivity contribution in [2.45, 2.75) is 26.2 Å². The van der Waals surface area contributed by atoms with Crippen molar-refractivity contribution in [3.05, 3.63) is 15.6 Å². The maximum Gasteiger partial charge on any atom is 0.306 e. The molecule has 0 bridgehead atoms. The van der Waals surface area contributed by atoms with Gasteiger partial charge in [-0.05, 0) is 26.2 Å². The molecular formula is C9H11NO2S. The lowest BCUT2D eigenvalue weighted by molar-refractivity contribution is -0.142. The van der Waals surface area contributed by atoms with E-state index < -0.39 is 5.97 Å². The molecule has 70 valence electrons. The van der Waals surface area contributed by atoms with Gasteiger partial charge in [0.2, 0.25) is 0 Å². The highest BCUT2D eigenvalue weighted by molar-refractivity contribution is 7.11. The van der Waals surface area contributed by atoms with Crippen molar-refractivity contribution in [2.24, 2.45) is 5.92 Å². The number of thiazole rings is 1. The fourth-order valence-electron chi connectivity index (χ4n) is 1.71. The lowest BCUT2D eigenvalue weighted by atomic mass is 9.91. The molecule has 1 atom stereocenters. The summed E-state index contributed by atoms with van der Waals surface area (Å²) in [4.78, 5) is 16.3. The summed E-state index contributed by atoms with van der Waals surface area (Å²) in [5.41, 5.74) is 1.13. The lowest BCUT2D eigenvalue weighted by Gasteiger charge is -2.16. The number of aliphatic carboxylic acids is 1. The molecule has 13 heavy (non-hydrogen) atoms. The molecule has 0 saturated heterocycles. The van der Waals surface area contributed by atoms with Crippen molar-refractivity contribution in [1.82, 2.24) is 4.98 Å². The highest BCUT2D eigenvalue weighted by Gasteiger charge is 2.26. The van der Waals surface area contributed by atoms with Crippen LogP contribution in [0, 0.1) is 12.8 Å². The Morgan fingerprint density at radius 2 is 2.46 bits per heavy atom. The van der Waals surface area contributed by atoms with Crippen molar-refractivity contribution < 1.29 is 9.90 Å². The van der Waals surface area contributed by atoms with E-state index in [4.69, 9.17) is 5.11 Å². The van der Waals surface area contributed by atoms with Gasteiger partial charge in [0.15, 0.2) is 0 Å². The first-order valence-electron chi connectivity index (χ1n) is 4.35. The molecule has 0 radical (unpaired) electrons. The molecule has 2 rings (SSSR count). The van der Waals surface area contributed by atoms with Gasteiger partial charge in [0.25, 0.3) is 0 Å². The molecule has 1 N–H and O–H groups in total. The van der Waals surface area contributed by atoms with Crippen molar-refractivity contribution in [1.29, 1.82) is 0 Å². The summed E-state index contributed by atoms with van der Waals surface area (Å²) in [6.45, 7) is 1.97. The van der Waals surface area contributed by atoms with Crippen LogP contribution >= 0.6 is 11.3 Å². The SMILES string of the molecule is Cc1nc2c(s1)C[C@H](C(=O)O)CC2. The van der Waals surface area contributed by atoms with Gasteiger partial charge >= 0.3 is 5.97 Å². The van der Waals surface area contributed by atoms with Crippen LogP contribution in [-0.2, 0) is 17.6 Å². The first-order chi connectivity index (χ1) is 6.16. The maximum absolute atomic E-state index is 10.8.